The smallest absolute Gasteiger partial charge is 0.146 e. The molecule has 1 heterocycles. The summed E-state index contributed by atoms with van der Waals surface area (Å²) in [6, 6.07) is 11.4. The summed E-state index contributed by atoms with van der Waals surface area (Å²) in [7, 11) is 0. The lowest BCUT2D eigenvalue weighted by atomic mass is 10.1. The van der Waals surface area contributed by atoms with Gasteiger partial charge in [0.25, 0.3) is 0 Å². The minimum atomic E-state index is -0.192. The molecule has 0 saturated carbocycles. The summed E-state index contributed by atoms with van der Waals surface area (Å²) in [4.78, 5) is 0. The van der Waals surface area contributed by atoms with Gasteiger partial charge in [0.15, 0.2) is 0 Å². The first-order chi connectivity index (χ1) is 8.44. The Morgan fingerprint density at radius 1 is 0.944 bits per heavy atom. The second kappa shape index (κ2) is 4.64. The number of ether oxygens (including phenoxy) is 1. The van der Waals surface area contributed by atoms with E-state index in [1.54, 1.807) is 6.07 Å². The number of rotatable bonds is 2. The van der Waals surface area contributed by atoms with Gasteiger partial charge in [-0.1, -0.05) is 0 Å². The van der Waals surface area contributed by atoms with Gasteiger partial charge in [0.05, 0.1) is 5.69 Å². The van der Waals surface area contributed by atoms with Crippen LogP contribution in [0.4, 0.5) is 5.82 Å². The van der Waals surface area contributed by atoms with E-state index in [0.717, 1.165) is 17.0 Å². The van der Waals surface area contributed by atoms with Crippen LogP contribution < -0.4 is 10.5 Å². The predicted octanol–water partition coefficient (Wildman–Crippen LogP) is 2.90. The van der Waals surface area contributed by atoms with E-state index >= 15 is 0 Å². The summed E-state index contributed by atoms with van der Waals surface area (Å²) in [6.07, 6.45) is 0. The van der Waals surface area contributed by atoms with Crippen molar-refractivity contribution in [2.24, 2.45) is 0 Å². The summed E-state index contributed by atoms with van der Waals surface area (Å²) >= 11 is 0. The van der Waals surface area contributed by atoms with Crippen molar-refractivity contribution in [1.82, 2.24) is 10.2 Å². The van der Waals surface area contributed by atoms with Crippen LogP contribution in [0.3, 0.4) is 0 Å². The van der Waals surface area contributed by atoms with Crippen LogP contribution in [0.2, 0.25) is 0 Å². The van der Waals surface area contributed by atoms with Crippen molar-refractivity contribution in [2.75, 3.05) is 5.73 Å². The molecule has 0 aliphatic heterocycles. The molecule has 94 valence electrons. The Morgan fingerprint density at radius 3 is 2.11 bits per heavy atom. The molecule has 0 bridgehead atoms. The number of hydrogen-bond donors (Lipinski definition) is 1. The van der Waals surface area contributed by atoms with Crippen LogP contribution in [0.1, 0.15) is 20.8 Å². The normalized spacial score (nSPS) is 11.3. The van der Waals surface area contributed by atoms with Gasteiger partial charge in [-0.3, -0.25) is 0 Å². The lowest BCUT2D eigenvalue weighted by Crippen LogP contribution is -2.22. The van der Waals surface area contributed by atoms with Gasteiger partial charge in [-0.05, 0) is 57.2 Å². The second-order valence-electron chi connectivity index (χ2n) is 5.08. The molecule has 0 saturated heterocycles. The molecule has 0 fully saturated rings. The van der Waals surface area contributed by atoms with Crippen molar-refractivity contribution in [2.45, 2.75) is 26.4 Å². The Morgan fingerprint density at radius 2 is 1.61 bits per heavy atom. The zero-order valence-electron chi connectivity index (χ0n) is 10.8. The van der Waals surface area contributed by atoms with Gasteiger partial charge < -0.3 is 10.5 Å². The van der Waals surface area contributed by atoms with Crippen molar-refractivity contribution in [3.63, 3.8) is 0 Å². The maximum atomic E-state index is 5.76. The highest BCUT2D eigenvalue weighted by Gasteiger charge is 2.11. The molecule has 4 nitrogen and oxygen atoms in total. The number of nitrogens with two attached hydrogens (primary N) is 1. The molecule has 0 aliphatic rings. The first kappa shape index (κ1) is 12.4. The number of anilines is 1. The molecular weight excluding hydrogens is 226 g/mol. The Labute approximate surface area is 107 Å². The molecule has 1 aromatic heterocycles. The van der Waals surface area contributed by atoms with Crippen molar-refractivity contribution in [3.05, 3.63) is 36.4 Å². The van der Waals surface area contributed by atoms with Crippen molar-refractivity contribution in [1.29, 1.82) is 0 Å². The highest BCUT2D eigenvalue weighted by Crippen LogP contribution is 2.23. The predicted molar refractivity (Wildman–Crippen MR) is 72.3 cm³/mol. The summed E-state index contributed by atoms with van der Waals surface area (Å²) in [5.41, 5.74) is 7.10. The third-order valence-electron chi connectivity index (χ3n) is 2.26. The van der Waals surface area contributed by atoms with Crippen LogP contribution in [0.5, 0.6) is 5.75 Å². The van der Waals surface area contributed by atoms with Gasteiger partial charge in [0, 0.05) is 5.56 Å². The van der Waals surface area contributed by atoms with Crippen LogP contribution in [0.15, 0.2) is 36.4 Å². The Balaban J connectivity index is 2.20. The fourth-order valence-corrected chi connectivity index (χ4v) is 1.54. The topological polar surface area (TPSA) is 61.0 Å². The van der Waals surface area contributed by atoms with E-state index in [1.807, 2.05) is 51.1 Å². The number of aromatic nitrogens is 2. The van der Waals surface area contributed by atoms with Crippen molar-refractivity contribution < 1.29 is 4.74 Å². The van der Waals surface area contributed by atoms with E-state index in [1.165, 1.54) is 0 Å². The van der Waals surface area contributed by atoms with Crippen LogP contribution in [0.25, 0.3) is 11.3 Å². The van der Waals surface area contributed by atoms with E-state index in [2.05, 4.69) is 10.2 Å². The lowest BCUT2D eigenvalue weighted by Gasteiger charge is -2.21. The standard InChI is InChI=1S/C14H17N3O/c1-14(2,3)18-11-6-4-10(5-7-11)12-8-9-13(15)17-16-12/h4-9H,1-3H3,(H2,15,17). The van der Waals surface area contributed by atoms with Gasteiger partial charge in [0.1, 0.15) is 17.2 Å². The molecule has 1 aromatic carbocycles. The molecule has 2 aromatic rings. The Kier molecular flexibility index (Phi) is 3.19. The van der Waals surface area contributed by atoms with Crippen molar-refractivity contribution >= 4 is 5.82 Å². The Bertz CT molecular complexity index is 512. The van der Waals surface area contributed by atoms with Crippen molar-refractivity contribution in [3.8, 4) is 17.0 Å². The fraction of sp³-hybridized carbons (Fsp3) is 0.286. The van der Waals surface area contributed by atoms with E-state index < -0.39 is 0 Å². The van der Waals surface area contributed by atoms with E-state index in [0.29, 0.717) is 5.82 Å². The minimum Gasteiger partial charge on any atom is -0.488 e. The molecule has 0 radical (unpaired) electrons. The summed E-state index contributed by atoms with van der Waals surface area (Å²) in [5, 5.41) is 7.87. The van der Waals surface area contributed by atoms with Crippen LogP contribution in [0, 0.1) is 0 Å². The summed E-state index contributed by atoms with van der Waals surface area (Å²) < 4.78 is 5.76. The summed E-state index contributed by atoms with van der Waals surface area (Å²) in [5.74, 6) is 1.26. The number of hydrogen-bond acceptors (Lipinski definition) is 4. The molecule has 18 heavy (non-hydrogen) atoms. The first-order valence-electron chi connectivity index (χ1n) is 5.83. The largest absolute Gasteiger partial charge is 0.488 e. The first-order valence-corrected chi connectivity index (χ1v) is 5.83. The zero-order chi connectivity index (χ0) is 13.2. The molecular formula is C14H17N3O. The number of nitrogen functional groups attached to an aromatic ring is 1. The van der Waals surface area contributed by atoms with Crippen LogP contribution in [-0.4, -0.2) is 15.8 Å². The Hall–Kier alpha value is -2.10. The second-order valence-corrected chi connectivity index (χ2v) is 5.08. The van der Waals surface area contributed by atoms with E-state index in [9.17, 15) is 0 Å². The molecule has 0 amide bonds. The van der Waals surface area contributed by atoms with Gasteiger partial charge in [-0.25, -0.2) is 0 Å². The van der Waals surface area contributed by atoms with Gasteiger partial charge in [0.2, 0.25) is 0 Å². The SMILES string of the molecule is CC(C)(C)Oc1ccc(-c2ccc(N)nn2)cc1. The zero-order valence-corrected chi connectivity index (χ0v) is 10.8. The maximum Gasteiger partial charge on any atom is 0.146 e. The summed E-state index contributed by atoms with van der Waals surface area (Å²) in [6.45, 7) is 6.06. The van der Waals surface area contributed by atoms with Gasteiger partial charge in [-0.2, -0.15) is 0 Å². The monoisotopic (exact) mass is 243 g/mol. The average Bonchev–Trinajstić information content (AvgIpc) is 2.29. The molecule has 2 rings (SSSR count). The lowest BCUT2D eigenvalue weighted by molar-refractivity contribution is 0.131. The molecule has 0 unspecified atom stereocenters. The highest BCUT2D eigenvalue weighted by atomic mass is 16.5. The maximum absolute atomic E-state index is 5.76. The minimum absolute atomic E-state index is 0.192. The molecule has 0 aliphatic carbocycles. The van der Waals surface area contributed by atoms with Crippen LogP contribution >= 0.6 is 0 Å². The fourth-order valence-electron chi connectivity index (χ4n) is 1.54. The molecule has 0 atom stereocenters. The van der Waals surface area contributed by atoms with Gasteiger partial charge >= 0.3 is 0 Å². The average molecular weight is 243 g/mol. The highest BCUT2D eigenvalue weighted by molar-refractivity contribution is 5.60. The third-order valence-corrected chi connectivity index (χ3v) is 2.26. The van der Waals surface area contributed by atoms with E-state index in [4.69, 9.17) is 10.5 Å². The molecule has 4 heteroatoms. The quantitative estimate of drug-likeness (QED) is 0.881. The number of benzene rings is 1. The third kappa shape index (κ3) is 3.20. The van der Waals surface area contributed by atoms with Gasteiger partial charge in [-0.15, -0.1) is 10.2 Å². The molecule has 0 spiro atoms. The molecule has 2 N–H and O–H groups in total. The van der Waals surface area contributed by atoms with Crippen LogP contribution in [-0.2, 0) is 0 Å². The van der Waals surface area contributed by atoms with E-state index in [-0.39, 0.29) is 5.60 Å². The number of nitrogens with zero attached hydrogens (tertiary/aromatic N) is 2.